The van der Waals surface area contributed by atoms with Crippen LogP contribution in [0.1, 0.15) is 23.3 Å². The molecule has 0 aliphatic carbocycles. The van der Waals surface area contributed by atoms with Gasteiger partial charge in [-0.15, -0.1) is 11.3 Å². The van der Waals surface area contributed by atoms with Crippen molar-refractivity contribution in [1.82, 2.24) is 20.1 Å². The third-order valence-electron chi connectivity index (χ3n) is 6.34. The van der Waals surface area contributed by atoms with E-state index in [1.54, 1.807) is 12.3 Å². The Morgan fingerprint density at radius 2 is 2.05 bits per heavy atom. The number of carbonyl (C=O) groups is 2. The van der Waals surface area contributed by atoms with Crippen molar-refractivity contribution >= 4 is 45.1 Å². The number of aryl methyl sites for hydroxylation is 1. The maximum atomic E-state index is 12.8. The van der Waals surface area contributed by atoms with E-state index in [1.807, 2.05) is 25.1 Å². The first kappa shape index (κ1) is 25.7. The predicted molar refractivity (Wildman–Crippen MR) is 135 cm³/mol. The van der Waals surface area contributed by atoms with Gasteiger partial charge in [0.25, 0.3) is 5.91 Å². The lowest BCUT2D eigenvalue weighted by Crippen LogP contribution is -2.37. The number of urea groups is 1. The number of thiophene rings is 1. The molecule has 0 radical (unpaired) electrons. The molecule has 3 aromatic rings. The SMILES string of the molecule is Cc1cc(Cl)cc(-c2ccnc3cc(CN4C(=O)CN(CC(F)(F)F)C4=O)sc23)c1O[C@H]1CCCNC1. The van der Waals surface area contributed by atoms with Crippen molar-refractivity contribution in [2.24, 2.45) is 0 Å². The Hall–Kier alpha value is -2.89. The van der Waals surface area contributed by atoms with Gasteiger partial charge in [0, 0.05) is 33.8 Å². The number of nitrogens with zero attached hydrogens (tertiary/aromatic N) is 3. The molecule has 2 aliphatic rings. The molecule has 1 atom stereocenters. The van der Waals surface area contributed by atoms with E-state index in [-0.39, 0.29) is 12.6 Å². The molecular formula is C25H24ClF3N4O3S. The van der Waals surface area contributed by atoms with E-state index in [0.29, 0.717) is 20.3 Å². The lowest BCUT2D eigenvalue weighted by Gasteiger charge is -2.26. The van der Waals surface area contributed by atoms with Gasteiger partial charge in [0.1, 0.15) is 24.9 Å². The fraction of sp³-hybridized carbons (Fsp3) is 0.400. The van der Waals surface area contributed by atoms with Gasteiger partial charge in [-0.25, -0.2) is 4.79 Å². The minimum atomic E-state index is -4.58. The van der Waals surface area contributed by atoms with Crippen LogP contribution in [0.2, 0.25) is 5.02 Å². The van der Waals surface area contributed by atoms with Gasteiger partial charge in [-0.2, -0.15) is 13.2 Å². The van der Waals surface area contributed by atoms with Crippen molar-refractivity contribution in [2.45, 2.75) is 38.6 Å². The minimum Gasteiger partial charge on any atom is -0.488 e. The number of pyridine rings is 1. The summed E-state index contributed by atoms with van der Waals surface area (Å²) in [5.74, 6) is 0.0652. The van der Waals surface area contributed by atoms with Gasteiger partial charge >= 0.3 is 12.2 Å². The third kappa shape index (κ3) is 5.53. The van der Waals surface area contributed by atoms with Gasteiger partial charge in [0.15, 0.2) is 0 Å². The third-order valence-corrected chi connectivity index (χ3v) is 7.70. The minimum absolute atomic E-state index is 0.0236. The number of hydrogen-bond acceptors (Lipinski definition) is 6. The topological polar surface area (TPSA) is 74.8 Å². The van der Waals surface area contributed by atoms with Crippen molar-refractivity contribution in [3.05, 3.63) is 45.9 Å². The molecule has 0 spiro atoms. The Bertz CT molecular complexity index is 1360. The van der Waals surface area contributed by atoms with Gasteiger partial charge in [0.2, 0.25) is 0 Å². The first-order chi connectivity index (χ1) is 17.6. The summed E-state index contributed by atoms with van der Waals surface area (Å²) < 4.78 is 45.6. The number of benzene rings is 1. The Morgan fingerprint density at radius 1 is 1.24 bits per heavy atom. The van der Waals surface area contributed by atoms with Gasteiger partial charge < -0.3 is 15.0 Å². The van der Waals surface area contributed by atoms with Gasteiger partial charge in [0.05, 0.1) is 16.8 Å². The maximum Gasteiger partial charge on any atom is 0.406 e. The fourth-order valence-corrected chi connectivity index (χ4v) is 6.10. The summed E-state index contributed by atoms with van der Waals surface area (Å²) in [7, 11) is 0. The molecule has 2 aliphatic heterocycles. The van der Waals surface area contributed by atoms with Crippen LogP contribution in [-0.4, -0.2) is 65.2 Å². The maximum absolute atomic E-state index is 12.8. The number of nitrogens with one attached hydrogen (secondary N) is 1. The van der Waals surface area contributed by atoms with Crippen molar-refractivity contribution in [3.8, 4) is 16.9 Å². The molecular weight excluding hydrogens is 529 g/mol. The Morgan fingerprint density at radius 3 is 2.78 bits per heavy atom. The lowest BCUT2D eigenvalue weighted by atomic mass is 10.0. The molecule has 0 unspecified atom stereocenters. The van der Waals surface area contributed by atoms with Gasteiger partial charge in [-0.3, -0.25) is 14.7 Å². The highest BCUT2D eigenvalue weighted by Gasteiger charge is 2.42. The average molecular weight is 553 g/mol. The molecule has 1 N–H and O–H groups in total. The molecule has 2 saturated heterocycles. The highest BCUT2D eigenvalue weighted by molar-refractivity contribution is 7.19. The van der Waals surface area contributed by atoms with Crippen LogP contribution in [-0.2, 0) is 11.3 Å². The summed E-state index contributed by atoms with van der Waals surface area (Å²) in [6.07, 6.45) is -0.935. The number of amides is 3. The van der Waals surface area contributed by atoms with Crippen LogP contribution in [0.25, 0.3) is 21.3 Å². The highest BCUT2D eigenvalue weighted by atomic mass is 35.5. The summed E-state index contributed by atoms with van der Waals surface area (Å²) >= 11 is 7.76. The van der Waals surface area contributed by atoms with Crippen LogP contribution in [0.15, 0.2) is 30.5 Å². The molecule has 0 bridgehead atoms. The van der Waals surface area contributed by atoms with Gasteiger partial charge in [-0.05, 0) is 56.1 Å². The molecule has 2 aromatic heterocycles. The van der Waals surface area contributed by atoms with Gasteiger partial charge in [-0.1, -0.05) is 11.6 Å². The van der Waals surface area contributed by atoms with Crippen LogP contribution in [0.4, 0.5) is 18.0 Å². The number of alkyl halides is 3. The molecule has 0 saturated carbocycles. The molecule has 37 heavy (non-hydrogen) atoms. The van der Waals surface area contributed by atoms with Crippen LogP contribution in [0, 0.1) is 6.92 Å². The number of hydrogen-bond donors (Lipinski definition) is 1. The summed E-state index contributed by atoms with van der Waals surface area (Å²) in [6, 6.07) is 6.36. The summed E-state index contributed by atoms with van der Waals surface area (Å²) in [6.45, 7) is 1.48. The van der Waals surface area contributed by atoms with Crippen LogP contribution in [0.3, 0.4) is 0 Å². The van der Waals surface area contributed by atoms with E-state index in [4.69, 9.17) is 16.3 Å². The number of aromatic nitrogens is 1. The molecule has 7 nitrogen and oxygen atoms in total. The summed E-state index contributed by atoms with van der Waals surface area (Å²) in [5.41, 5.74) is 3.18. The Kier molecular flexibility index (Phi) is 7.03. The van der Waals surface area contributed by atoms with Crippen molar-refractivity contribution in [1.29, 1.82) is 0 Å². The number of imide groups is 1. The zero-order valence-corrected chi connectivity index (χ0v) is 21.5. The van der Waals surface area contributed by atoms with Crippen molar-refractivity contribution in [3.63, 3.8) is 0 Å². The van der Waals surface area contributed by atoms with Crippen LogP contribution < -0.4 is 10.1 Å². The number of carbonyl (C=O) groups excluding carboxylic acids is 2. The zero-order valence-electron chi connectivity index (χ0n) is 19.9. The molecule has 3 amide bonds. The van der Waals surface area contributed by atoms with Crippen molar-refractivity contribution < 1.29 is 27.5 Å². The largest absolute Gasteiger partial charge is 0.488 e. The molecule has 4 heterocycles. The van der Waals surface area contributed by atoms with E-state index in [2.05, 4.69) is 10.3 Å². The first-order valence-electron chi connectivity index (χ1n) is 11.8. The lowest BCUT2D eigenvalue weighted by molar-refractivity contribution is -0.139. The number of rotatable bonds is 6. The number of ether oxygens (including phenoxy) is 1. The second-order valence-corrected chi connectivity index (χ2v) is 10.8. The standard InChI is InChI=1S/C25H24ClF3N4O3S/c1-14-7-15(26)8-19(22(14)36-16-3-2-5-30-10-16)18-4-6-31-20-9-17(37-23(18)20)11-33-21(34)12-32(24(33)35)13-25(27,28)29/h4,6-9,16,30H,2-3,5,10-13H2,1H3/t16-/m0/s1. The number of halogens is 4. The molecule has 5 rings (SSSR count). The van der Waals surface area contributed by atoms with Crippen LogP contribution >= 0.6 is 22.9 Å². The van der Waals surface area contributed by atoms with Crippen LogP contribution in [0.5, 0.6) is 5.75 Å². The first-order valence-corrected chi connectivity index (χ1v) is 13.0. The predicted octanol–water partition coefficient (Wildman–Crippen LogP) is 5.38. The fourth-order valence-electron chi connectivity index (χ4n) is 4.70. The van der Waals surface area contributed by atoms with E-state index in [1.165, 1.54) is 11.3 Å². The zero-order chi connectivity index (χ0) is 26.3. The van der Waals surface area contributed by atoms with E-state index < -0.39 is 31.2 Å². The van der Waals surface area contributed by atoms with E-state index in [0.717, 1.165) is 58.0 Å². The monoisotopic (exact) mass is 552 g/mol. The molecule has 1 aromatic carbocycles. The molecule has 12 heteroatoms. The second kappa shape index (κ2) is 10.1. The summed E-state index contributed by atoms with van der Waals surface area (Å²) in [5, 5.41) is 3.91. The Labute approximate surface area is 220 Å². The van der Waals surface area contributed by atoms with E-state index >= 15 is 0 Å². The summed E-state index contributed by atoms with van der Waals surface area (Å²) in [4.78, 5) is 31.3. The number of fused-ring (bicyclic) bond motifs is 1. The average Bonchev–Trinajstić information content (AvgIpc) is 3.36. The normalized spacial score (nSPS) is 18.8. The molecule has 2 fully saturated rings. The van der Waals surface area contributed by atoms with Crippen molar-refractivity contribution in [2.75, 3.05) is 26.2 Å². The van der Waals surface area contributed by atoms with E-state index in [9.17, 15) is 22.8 Å². The quantitative estimate of drug-likeness (QED) is 0.416. The number of piperidine rings is 1. The smallest absolute Gasteiger partial charge is 0.406 e. The molecule has 196 valence electrons. The Balaban J connectivity index is 1.47. The highest BCUT2D eigenvalue weighted by Crippen LogP contribution is 2.42. The second-order valence-electron chi connectivity index (χ2n) is 9.20.